The molecule has 2 N–H and O–H groups in total. The third kappa shape index (κ3) is 12.3. The number of carbonyl (C=O) groups is 2. The normalized spacial score (nSPS) is 10.1. The number of aryl methyl sites for hydroxylation is 1. The fraction of sp³-hybridized carbons (Fsp3) is 0.478. The third-order valence-electron chi connectivity index (χ3n) is 4.95. The van der Waals surface area contributed by atoms with Gasteiger partial charge in [-0.2, -0.15) is 0 Å². The molecular weight excluding hydrogens is 432 g/mol. The molecule has 6 heteroatoms. The molecule has 1 aromatic carbocycles. The Morgan fingerprint density at radius 1 is 1.10 bits per heavy atom. The van der Waals surface area contributed by atoms with E-state index in [0.717, 1.165) is 56.1 Å². The zero-order chi connectivity index (χ0) is 21.6. The maximum absolute atomic E-state index is 11.5. The van der Waals surface area contributed by atoms with Gasteiger partial charge in [-0.15, -0.1) is 0 Å². The van der Waals surface area contributed by atoms with E-state index in [2.05, 4.69) is 63.5 Å². The highest BCUT2D eigenvalue weighted by Crippen LogP contribution is 2.16. The SMILES string of the molecule is C=C(C)C(=O)NCCC[N+](CC)(CC)Cc1ccc(CC)cc1.C=CC(=O)O.[Br-]. The first-order valence-electron chi connectivity index (χ1n) is 9.95. The summed E-state index contributed by atoms with van der Waals surface area (Å²) in [5, 5.41) is 10.5. The van der Waals surface area contributed by atoms with Crippen molar-refractivity contribution in [3.63, 3.8) is 0 Å². The minimum absolute atomic E-state index is 0. The molecule has 1 rings (SSSR count). The molecule has 0 bridgehead atoms. The minimum atomic E-state index is -0.981. The topological polar surface area (TPSA) is 66.4 Å². The van der Waals surface area contributed by atoms with E-state index in [9.17, 15) is 9.59 Å². The van der Waals surface area contributed by atoms with Crippen molar-refractivity contribution in [2.24, 2.45) is 0 Å². The van der Waals surface area contributed by atoms with Crippen LogP contribution >= 0.6 is 0 Å². The Morgan fingerprint density at radius 3 is 1.97 bits per heavy atom. The lowest BCUT2D eigenvalue weighted by atomic mass is 10.1. The molecule has 0 aromatic heterocycles. The Labute approximate surface area is 186 Å². The largest absolute Gasteiger partial charge is 1.00 e. The summed E-state index contributed by atoms with van der Waals surface area (Å²) < 4.78 is 1.06. The van der Waals surface area contributed by atoms with Crippen molar-refractivity contribution in [1.29, 1.82) is 0 Å². The van der Waals surface area contributed by atoms with Crippen molar-refractivity contribution < 1.29 is 36.2 Å². The summed E-state index contributed by atoms with van der Waals surface area (Å²) in [5.74, 6) is -1.02. The summed E-state index contributed by atoms with van der Waals surface area (Å²) in [4.78, 5) is 20.8. The summed E-state index contributed by atoms with van der Waals surface area (Å²) >= 11 is 0. The Balaban J connectivity index is 0. The van der Waals surface area contributed by atoms with E-state index in [0.29, 0.717) is 5.57 Å². The first-order chi connectivity index (χ1) is 13.2. The number of hydrogen-bond acceptors (Lipinski definition) is 2. The maximum Gasteiger partial charge on any atom is 0.327 e. The molecule has 0 unspecified atom stereocenters. The number of carbonyl (C=O) groups excluding carboxylic acids is 1. The molecule has 0 fully saturated rings. The highest BCUT2D eigenvalue weighted by atomic mass is 79.9. The molecule has 0 saturated heterocycles. The van der Waals surface area contributed by atoms with E-state index in [1.807, 2.05) is 0 Å². The number of rotatable bonds is 11. The molecule has 1 amide bonds. The van der Waals surface area contributed by atoms with E-state index in [1.165, 1.54) is 11.1 Å². The van der Waals surface area contributed by atoms with E-state index < -0.39 is 5.97 Å². The van der Waals surface area contributed by atoms with Gasteiger partial charge in [-0.1, -0.05) is 44.3 Å². The predicted molar refractivity (Wildman–Crippen MR) is 116 cm³/mol. The van der Waals surface area contributed by atoms with Gasteiger partial charge in [0.2, 0.25) is 5.91 Å². The molecule has 29 heavy (non-hydrogen) atoms. The standard InChI is InChI=1S/C20H32N2O.C3H4O2.BrH/c1-6-18-10-12-19(13-11-18)16-22(7-2,8-3)15-9-14-21-20(23)17(4)5;1-2-3(4)5;/h10-13H,4,6-9,14-16H2,1-3,5H3;2H,1H2,(H,4,5);1H. The van der Waals surface area contributed by atoms with Gasteiger partial charge in [0, 0.05) is 30.2 Å². The molecule has 5 nitrogen and oxygen atoms in total. The van der Waals surface area contributed by atoms with Gasteiger partial charge in [-0.25, -0.2) is 4.79 Å². The van der Waals surface area contributed by atoms with Gasteiger partial charge in [0.15, 0.2) is 0 Å². The fourth-order valence-corrected chi connectivity index (χ4v) is 2.88. The Morgan fingerprint density at radius 2 is 1.59 bits per heavy atom. The highest BCUT2D eigenvalue weighted by molar-refractivity contribution is 5.91. The predicted octanol–water partition coefficient (Wildman–Crippen LogP) is 0.949. The van der Waals surface area contributed by atoms with Crippen LogP contribution in [0.4, 0.5) is 0 Å². The van der Waals surface area contributed by atoms with Crippen molar-refractivity contribution in [1.82, 2.24) is 5.32 Å². The number of carboxylic acid groups (broad SMARTS) is 1. The van der Waals surface area contributed by atoms with Crippen molar-refractivity contribution in [2.75, 3.05) is 26.2 Å². The van der Waals surface area contributed by atoms with Crippen molar-refractivity contribution in [3.05, 3.63) is 60.2 Å². The van der Waals surface area contributed by atoms with Crippen LogP contribution in [0, 0.1) is 0 Å². The molecule has 0 aliphatic rings. The number of halogens is 1. The summed E-state index contributed by atoms with van der Waals surface area (Å²) in [6.45, 7) is 20.2. The van der Waals surface area contributed by atoms with E-state index in [1.54, 1.807) is 6.92 Å². The van der Waals surface area contributed by atoms with Crippen LogP contribution in [0.15, 0.2) is 49.1 Å². The summed E-state index contributed by atoms with van der Waals surface area (Å²) in [5.41, 5.74) is 3.37. The lowest BCUT2D eigenvalue weighted by Gasteiger charge is -2.37. The molecule has 0 radical (unpaired) electrons. The van der Waals surface area contributed by atoms with Crippen molar-refractivity contribution >= 4 is 11.9 Å². The number of nitrogens with one attached hydrogen (secondary N) is 1. The molecular formula is C23H37BrN2O3. The number of amides is 1. The van der Waals surface area contributed by atoms with Gasteiger partial charge in [0.1, 0.15) is 6.54 Å². The van der Waals surface area contributed by atoms with Gasteiger partial charge in [-0.3, -0.25) is 4.79 Å². The molecule has 0 aliphatic carbocycles. The average molecular weight is 469 g/mol. The molecule has 0 heterocycles. The summed E-state index contributed by atoms with van der Waals surface area (Å²) in [6, 6.07) is 9.00. The van der Waals surface area contributed by atoms with Crippen LogP contribution in [0.3, 0.4) is 0 Å². The Kier molecular flexibility index (Phi) is 16.1. The van der Waals surface area contributed by atoms with Gasteiger partial charge < -0.3 is 31.9 Å². The Hall–Kier alpha value is -1.92. The van der Waals surface area contributed by atoms with Crippen LogP contribution in [-0.4, -0.2) is 47.6 Å². The smallest absolute Gasteiger partial charge is 0.327 e. The summed E-state index contributed by atoms with van der Waals surface area (Å²) in [7, 11) is 0. The van der Waals surface area contributed by atoms with Crippen LogP contribution in [0.2, 0.25) is 0 Å². The van der Waals surface area contributed by atoms with Crippen LogP contribution in [-0.2, 0) is 22.6 Å². The highest BCUT2D eigenvalue weighted by Gasteiger charge is 2.23. The quantitative estimate of drug-likeness (QED) is 0.288. The lowest BCUT2D eigenvalue weighted by Crippen LogP contribution is -3.00. The van der Waals surface area contributed by atoms with Gasteiger partial charge in [-0.05, 0) is 32.8 Å². The van der Waals surface area contributed by atoms with Crippen molar-refractivity contribution in [2.45, 2.75) is 47.1 Å². The number of quaternary nitrogens is 1. The van der Waals surface area contributed by atoms with E-state index >= 15 is 0 Å². The van der Waals surface area contributed by atoms with Gasteiger partial charge in [0.25, 0.3) is 0 Å². The number of carboxylic acids is 1. The molecule has 0 saturated carbocycles. The van der Waals surface area contributed by atoms with E-state index in [-0.39, 0.29) is 22.9 Å². The summed E-state index contributed by atoms with van der Waals surface area (Å²) in [6.07, 6.45) is 2.91. The van der Waals surface area contributed by atoms with Crippen LogP contribution < -0.4 is 22.3 Å². The Bertz CT molecular complexity index is 638. The zero-order valence-electron chi connectivity index (χ0n) is 18.3. The van der Waals surface area contributed by atoms with Crippen LogP contribution in [0.25, 0.3) is 0 Å². The lowest BCUT2D eigenvalue weighted by molar-refractivity contribution is -0.937. The average Bonchev–Trinajstić information content (AvgIpc) is 2.70. The number of benzene rings is 1. The molecule has 1 aromatic rings. The second-order valence-corrected chi connectivity index (χ2v) is 6.96. The second-order valence-electron chi connectivity index (χ2n) is 6.96. The van der Waals surface area contributed by atoms with E-state index in [4.69, 9.17) is 5.11 Å². The van der Waals surface area contributed by atoms with Crippen molar-refractivity contribution in [3.8, 4) is 0 Å². The number of aliphatic carboxylic acids is 1. The fourth-order valence-electron chi connectivity index (χ4n) is 2.88. The van der Waals surface area contributed by atoms with Crippen LogP contribution in [0.1, 0.15) is 45.2 Å². The molecule has 164 valence electrons. The number of nitrogens with zero attached hydrogens (tertiary/aromatic N) is 1. The molecule has 0 atom stereocenters. The zero-order valence-corrected chi connectivity index (χ0v) is 19.9. The molecule has 0 spiro atoms. The second kappa shape index (κ2) is 15.9. The number of hydrogen-bond donors (Lipinski definition) is 2. The first kappa shape index (κ1) is 29.3. The van der Waals surface area contributed by atoms with Crippen LogP contribution in [0.5, 0.6) is 0 Å². The van der Waals surface area contributed by atoms with Gasteiger partial charge in [0.05, 0.1) is 19.6 Å². The van der Waals surface area contributed by atoms with Gasteiger partial charge >= 0.3 is 5.97 Å². The molecule has 0 aliphatic heterocycles. The monoisotopic (exact) mass is 468 g/mol. The maximum atomic E-state index is 11.5. The minimum Gasteiger partial charge on any atom is -1.00 e. The third-order valence-corrected chi connectivity index (χ3v) is 4.95. The first-order valence-corrected chi connectivity index (χ1v) is 9.95.